The van der Waals surface area contributed by atoms with E-state index in [0.717, 1.165) is 109 Å². The second-order valence-electron chi connectivity index (χ2n) is 20.6. The predicted octanol–water partition coefficient (Wildman–Crippen LogP) is 20.9. The Hall–Kier alpha value is -3.15. The zero-order chi connectivity index (χ0) is 52.2. The molecule has 0 amide bonds. The van der Waals surface area contributed by atoms with Crippen LogP contribution >= 0.6 is 0 Å². The van der Waals surface area contributed by atoms with Gasteiger partial charge in [0.15, 0.2) is 6.10 Å². The van der Waals surface area contributed by atoms with Crippen LogP contribution in [0.15, 0.2) is 72.9 Å². The van der Waals surface area contributed by atoms with Crippen LogP contribution < -0.4 is 0 Å². The Balaban J connectivity index is 4.14. The molecule has 0 aliphatic carbocycles. The first-order valence-electron chi connectivity index (χ1n) is 30.9. The molecule has 1 unspecified atom stereocenters. The largest absolute Gasteiger partial charge is 0.462 e. The standard InChI is InChI=1S/C66H116O6/c1-4-7-10-13-16-19-21-23-25-27-28-29-30-31-32-33-34-35-36-37-38-39-41-42-44-47-50-53-56-59-65(68)71-62-63(61-70-64(67)58-55-52-49-46-18-15-12-9-6-3)72-66(69)60-57-54-51-48-45-43-40-26-24-22-20-17-14-11-8-5-2/h7,10,16,19-20,22-23,25-26,28-29,40,63H,4-6,8-9,11-15,17-18,21,24,27,30-39,41-62H2,1-3H3/b10-7-,19-16-,22-20-,25-23-,29-28-,40-26-. The Morgan fingerprint density at radius 1 is 0.292 bits per heavy atom. The number of unbranched alkanes of at least 4 members (excludes halogenated alkanes) is 33. The SMILES string of the molecule is CC/C=C\C/C=C\C/C=C\C/C=C\CCCCCCCCCCCCCCCCCCC(=O)OCC(COC(=O)CCCCCCCCCCC)OC(=O)CCCCCCC/C=C\C/C=C\CCCCCC. The molecule has 0 aliphatic heterocycles. The number of carbonyl (C=O) groups excluding carboxylic acids is 3. The van der Waals surface area contributed by atoms with Gasteiger partial charge in [-0.1, -0.05) is 273 Å². The Morgan fingerprint density at radius 3 is 0.861 bits per heavy atom. The number of hydrogen-bond acceptors (Lipinski definition) is 6. The molecule has 0 bridgehead atoms. The molecule has 0 radical (unpaired) electrons. The van der Waals surface area contributed by atoms with Gasteiger partial charge >= 0.3 is 17.9 Å². The van der Waals surface area contributed by atoms with E-state index in [-0.39, 0.29) is 31.1 Å². The van der Waals surface area contributed by atoms with Gasteiger partial charge in [0.25, 0.3) is 0 Å². The minimum Gasteiger partial charge on any atom is -0.462 e. The van der Waals surface area contributed by atoms with Gasteiger partial charge in [0.2, 0.25) is 0 Å². The van der Waals surface area contributed by atoms with Crippen molar-refractivity contribution in [3.05, 3.63) is 72.9 Å². The third kappa shape index (κ3) is 57.7. The third-order valence-electron chi connectivity index (χ3n) is 13.4. The summed E-state index contributed by atoms with van der Waals surface area (Å²) in [7, 11) is 0. The molecule has 1 atom stereocenters. The highest BCUT2D eigenvalue weighted by molar-refractivity contribution is 5.71. The van der Waals surface area contributed by atoms with E-state index < -0.39 is 6.10 Å². The van der Waals surface area contributed by atoms with Crippen molar-refractivity contribution in [1.82, 2.24) is 0 Å². The van der Waals surface area contributed by atoms with Crippen LogP contribution in [0.2, 0.25) is 0 Å². The molecule has 0 aromatic rings. The van der Waals surface area contributed by atoms with Crippen LogP contribution in [0.4, 0.5) is 0 Å². The van der Waals surface area contributed by atoms with Crippen molar-refractivity contribution in [2.45, 2.75) is 316 Å². The molecule has 0 spiro atoms. The van der Waals surface area contributed by atoms with Gasteiger partial charge in [-0.25, -0.2) is 0 Å². The molecule has 0 saturated carbocycles. The van der Waals surface area contributed by atoms with E-state index in [0.29, 0.717) is 19.3 Å². The molecular formula is C66H116O6. The van der Waals surface area contributed by atoms with Crippen molar-refractivity contribution in [3.8, 4) is 0 Å². The molecule has 6 nitrogen and oxygen atoms in total. The zero-order valence-corrected chi connectivity index (χ0v) is 47.7. The Morgan fingerprint density at radius 2 is 0.542 bits per heavy atom. The first-order chi connectivity index (χ1) is 35.5. The molecule has 0 saturated heterocycles. The number of hydrogen-bond donors (Lipinski definition) is 0. The maximum atomic E-state index is 12.8. The average Bonchev–Trinajstić information content (AvgIpc) is 3.38. The van der Waals surface area contributed by atoms with E-state index in [1.165, 1.54) is 161 Å². The normalized spacial score (nSPS) is 12.5. The summed E-state index contributed by atoms with van der Waals surface area (Å²) in [4.78, 5) is 38.1. The monoisotopic (exact) mass is 1000 g/mol. The second-order valence-corrected chi connectivity index (χ2v) is 20.6. The molecule has 0 aromatic heterocycles. The smallest absolute Gasteiger partial charge is 0.306 e. The quantitative estimate of drug-likeness (QED) is 0.0261. The maximum absolute atomic E-state index is 12.8. The summed E-state index contributed by atoms with van der Waals surface area (Å²) < 4.78 is 16.8. The average molecular weight is 1010 g/mol. The van der Waals surface area contributed by atoms with Gasteiger partial charge in [-0.15, -0.1) is 0 Å². The lowest BCUT2D eigenvalue weighted by atomic mass is 10.0. The van der Waals surface area contributed by atoms with E-state index in [2.05, 4.69) is 93.7 Å². The van der Waals surface area contributed by atoms with E-state index >= 15 is 0 Å². The summed E-state index contributed by atoms with van der Waals surface area (Å²) in [5.74, 6) is -0.881. The van der Waals surface area contributed by atoms with Crippen LogP contribution in [-0.4, -0.2) is 37.2 Å². The number of ether oxygens (including phenoxy) is 3. The van der Waals surface area contributed by atoms with Crippen LogP contribution in [0.5, 0.6) is 0 Å². The first kappa shape index (κ1) is 68.8. The fraction of sp³-hybridized carbons (Fsp3) is 0.773. The minimum atomic E-state index is -0.779. The number of esters is 3. The van der Waals surface area contributed by atoms with Crippen LogP contribution in [0.3, 0.4) is 0 Å². The molecule has 416 valence electrons. The Kier molecular flexibility index (Phi) is 57.8. The highest BCUT2D eigenvalue weighted by Gasteiger charge is 2.19. The molecule has 72 heavy (non-hydrogen) atoms. The molecule has 0 fully saturated rings. The van der Waals surface area contributed by atoms with E-state index in [1.807, 2.05) is 0 Å². The lowest BCUT2D eigenvalue weighted by Crippen LogP contribution is -2.30. The van der Waals surface area contributed by atoms with Crippen LogP contribution in [0.25, 0.3) is 0 Å². The molecule has 0 N–H and O–H groups in total. The van der Waals surface area contributed by atoms with Gasteiger partial charge in [0.1, 0.15) is 13.2 Å². The Bertz CT molecular complexity index is 1340. The summed E-state index contributed by atoms with van der Waals surface area (Å²) >= 11 is 0. The fourth-order valence-corrected chi connectivity index (χ4v) is 8.82. The van der Waals surface area contributed by atoms with E-state index in [4.69, 9.17) is 14.2 Å². The van der Waals surface area contributed by atoms with Gasteiger partial charge < -0.3 is 14.2 Å². The summed E-state index contributed by atoms with van der Waals surface area (Å²) in [5.41, 5.74) is 0. The summed E-state index contributed by atoms with van der Waals surface area (Å²) in [6, 6.07) is 0. The first-order valence-corrected chi connectivity index (χ1v) is 30.9. The molecule has 0 rings (SSSR count). The van der Waals surface area contributed by atoms with Crippen molar-refractivity contribution in [2.24, 2.45) is 0 Å². The lowest BCUT2D eigenvalue weighted by molar-refractivity contribution is -0.167. The van der Waals surface area contributed by atoms with Crippen LogP contribution in [0.1, 0.15) is 310 Å². The molecule has 0 aliphatic rings. The second kappa shape index (κ2) is 60.4. The maximum Gasteiger partial charge on any atom is 0.306 e. The van der Waals surface area contributed by atoms with Crippen molar-refractivity contribution in [3.63, 3.8) is 0 Å². The van der Waals surface area contributed by atoms with Gasteiger partial charge in [-0.2, -0.15) is 0 Å². The van der Waals surface area contributed by atoms with Gasteiger partial charge in [-0.3, -0.25) is 14.4 Å². The molecular weight excluding hydrogens is 889 g/mol. The van der Waals surface area contributed by atoms with Gasteiger partial charge in [0, 0.05) is 19.3 Å². The topological polar surface area (TPSA) is 78.9 Å². The predicted molar refractivity (Wildman–Crippen MR) is 311 cm³/mol. The summed E-state index contributed by atoms with van der Waals surface area (Å²) in [5, 5.41) is 0. The van der Waals surface area contributed by atoms with Crippen LogP contribution in [0, 0.1) is 0 Å². The fourth-order valence-electron chi connectivity index (χ4n) is 8.82. The van der Waals surface area contributed by atoms with E-state index in [9.17, 15) is 14.4 Å². The van der Waals surface area contributed by atoms with Gasteiger partial charge in [0.05, 0.1) is 0 Å². The summed E-state index contributed by atoms with van der Waals surface area (Å²) in [6.07, 6.45) is 77.8. The van der Waals surface area contributed by atoms with Crippen molar-refractivity contribution in [2.75, 3.05) is 13.2 Å². The number of carbonyl (C=O) groups is 3. The Labute approximate surface area is 446 Å². The highest BCUT2D eigenvalue weighted by atomic mass is 16.6. The summed E-state index contributed by atoms with van der Waals surface area (Å²) in [6.45, 7) is 6.51. The zero-order valence-electron chi connectivity index (χ0n) is 47.7. The lowest BCUT2D eigenvalue weighted by Gasteiger charge is -2.18. The number of allylic oxidation sites excluding steroid dienone is 12. The molecule has 6 heteroatoms. The highest BCUT2D eigenvalue weighted by Crippen LogP contribution is 2.16. The molecule has 0 aromatic carbocycles. The van der Waals surface area contributed by atoms with Crippen molar-refractivity contribution >= 4 is 17.9 Å². The molecule has 0 heterocycles. The van der Waals surface area contributed by atoms with Crippen molar-refractivity contribution < 1.29 is 28.6 Å². The van der Waals surface area contributed by atoms with E-state index in [1.54, 1.807) is 0 Å². The van der Waals surface area contributed by atoms with Gasteiger partial charge in [-0.05, 0) is 89.9 Å². The minimum absolute atomic E-state index is 0.0772. The number of rotatable bonds is 56. The van der Waals surface area contributed by atoms with Crippen LogP contribution in [-0.2, 0) is 28.6 Å². The van der Waals surface area contributed by atoms with Crippen molar-refractivity contribution in [1.29, 1.82) is 0 Å². The third-order valence-corrected chi connectivity index (χ3v) is 13.4.